The highest BCUT2D eigenvalue weighted by Gasteiger charge is 2.33. The number of piperidine rings is 1. The summed E-state index contributed by atoms with van der Waals surface area (Å²) in [5.41, 5.74) is 0.859. The third-order valence-corrected chi connectivity index (χ3v) is 6.26. The summed E-state index contributed by atoms with van der Waals surface area (Å²) in [7, 11) is -1.78. The molecule has 23 heavy (non-hydrogen) atoms. The number of ether oxygens (including phenoxy) is 1. The van der Waals surface area contributed by atoms with Crippen LogP contribution in [0.1, 0.15) is 12.8 Å². The number of rotatable bonds is 3. The van der Waals surface area contributed by atoms with Crippen molar-refractivity contribution in [3.63, 3.8) is 0 Å². The van der Waals surface area contributed by atoms with Crippen molar-refractivity contribution in [3.05, 3.63) is 18.2 Å². The minimum atomic E-state index is -3.71. The molecule has 0 aromatic heterocycles. The summed E-state index contributed by atoms with van der Waals surface area (Å²) >= 11 is 0. The van der Waals surface area contributed by atoms with Gasteiger partial charge in [0.2, 0.25) is 10.0 Å². The monoisotopic (exact) mass is 340 g/mol. The van der Waals surface area contributed by atoms with Crippen LogP contribution in [-0.2, 0) is 14.8 Å². The van der Waals surface area contributed by atoms with E-state index < -0.39 is 21.9 Å². The van der Waals surface area contributed by atoms with Crippen LogP contribution in [-0.4, -0.2) is 57.1 Å². The Hall–Kier alpha value is -1.80. The third-order valence-electron chi connectivity index (χ3n) is 4.40. The van der Waals surface area contributed by atoms with Gasteiger partial charge < -0.3 is 14.7 Å². The number of benzene rings is 1. The molecule has 0 amide bonds. The second kappa shape index (κ2) is 6.01. The predicted molar refractivity (Wildman–Crippen MR) is 84.3 cm³/mol. The molecular formula is C15H20N2O5S. The van der Waals surface area contributed by atoms with Crippen LogP contribution in [0.3, 0.4) is 0 Å². The van der Waals surface area contributed by atoms with E-state index in [9.17, 15) is 13.2 Å². The second-order valence-corrected chi connectivity index (χ2v) is 7.88. The van der Waals surface area contributed by atoms with Crippen molar-refractivity contribution in [1.82, 2.24) is 4.31 Å². The fraction of sp³-hybridized carbons (Fsp3) is 0.533. The molecule has 7 nitrogen and oxygen atoms in total. The zero-order chi connectivity index (χ0) is 16.6. The summed E-state index contributed by atoms with van der Waals surface area (Å²) in [5.74, 6) is -1.04. The quantitative estimate of drug-likeness (QED) is 0.883. The first-order valence-corrected chi connectivity index (χ1v) is 9.04. The molecule has 1 aromatic carbocycles. The van der Waals surface area contributed by atoms with Gasteiger partial charge in [-0.15, -0.1) is 0 Å². The lowest BCUT2D eigenvalue weighted by Crippen LogP contribution is -2.42. The molecule has 1 aromatic rings. The van der Waals surface area contributed by atoms with Crippen LogP contribution in [0.15, 0.2) is 23.1 Å². The number of nitrogens with zero attached hydrogens (tertiary/aromatic N) is 2. The maximum absolute atomic E-state index is 12.8. The van der Waals surface area contributed by atoms with Gasteiger partial charge >= 0.3 is 5.97 Å². The summed E-state index contributed by atoms with van der Waals surface area (Å²) in [6, 6.07) is 4.83. The van der Waals surface area contributed by atoms with E-state index in [0.717, 1.165) is 12.2 Å². The Balaban J connectivity index is 1.89. The number of aliphatic carboxylic acids is 1. The molecule has 1 N–H and O–H groups in total. The molecular weight excluding hydrogens is 320 g/mol. The number of carbonyl (C=O) groups is 1. The molecule has 1 atom stereocenters. The van der Waals surface area contributed by atoms with Crippen molar-refractivity contribution < 1.29 is 23.1 Å². The van der Waals surface area contributed by atoms with E-state index in [-0.39, 0.29) is 11.4 Å². The van der Waals surface area contributed by atoms with Gasteiger partial charge in [0.25, 0.3) is 0 Å². The average Bonchev–Trinajstić information content (AvgIpc) is 2.55. The van der Waals surface area contributed by atoms with Crippen LogP contribution in [0.5, 0.6) is 5.75 Å². The Morgan fingerprint density at radius 2 is 2.13 bits per heavy atom. The van der Waals surface area contributed by atoms with E-state index in [1.807, 2.05) is 11.9 Å². The number of carboxylic acid groups (broad SMARTS) is 1. The molecule has 3 rings (SSSR count). The first-order chi connectivity index (χ1) is 10.9. The highest BCUT2D eigenvalue weighted by atomic mass is 32.2. The van der Waals surface area contributed by atoms with E-state index in [0.29, 0.717) is 31.7 Å². The van der Waals surface area contributed by atoms with Gasteiger partial charge in [-0.1, -0.05) is 0 Å². The molecule has 0 aliphatic carbocycles. The SMILES string of the molecule is CN1CCOc2cc(S(=O)(=O)N3CCCC(C(=O)O)C3)ccc21. The van der Waals surface area contributed by atoms with Crippen molar-refractivity contribution in [3.8, 4) is 5.75 Å². The Labute approximate surface area is 135 Å². The number of carboxylic acids is 1. The van der Waals surface area contributed by atoms with E-state index in [2.05, 4.69) is 0 Å². The Morgan fingerprint density at radius 1 is 1.35 bits per heavy atom. The lowest BCUT2D eigenvalue weighted by atomic mass is 10.0. The molecule has 2 aliphatic rings. The molecule has 8 heteroatoms. The Bertz CT molecular complexity index is 719. The molecule has 0 saturated carbocycles. The summed E-state index contributed by atoms with van der Waals surface area (Å²) in [6.45, 7) is 1.64. The molecule has 2 aliphatic heterocycles. The molecule has 126 valence electrons. The highest BCUT2D eigenvalue weighted by molar-refractivity contribution is 7.89. The number of hydrogen-bond acceptors (Lipinski definition) is 5. The molecule has 1 unspecified atom stereocenters. The number of hydrogen-bond donors (Lipinski definition) is 1. The highest BCUT2D eigenvalue weighted by Crippen LogP contribution is 2.34. The first-order valence-electron chi connectivity index (χ1n) is 7.60. The molecule has 0 spiro atoms. The Kier molecular flexibility index (Phi) is 4.20. The van der Waals surface area contributed by atoms with Crippen LogP contribution in [0.25, 0.3) is 0 Å². The molecule has 0 radical (unpaired) electrons. The van der Waals surface area contributed by atoms with Gasteiger partial charge in [0.05, 0.1) is 23.0 Å². The smallest absolute Gasteiger partial charge is 0.307 e. The predicted octanol–water partition coefficient (Wildman–Crippen LogP) is 1.00. The molecule has 2 heterocycles. The van der Waals surface area contributed by atoms with E-state index in [1.165, 1.54) is 10.4 Å². The maximum atomic E-state index is 12.8. The van der Waals surface area contributed by atoms with Crippen LogP contribution < -0.4 is 9.64 Å². The number of sulfonamides is 1. The fourth-order valence-corrected chi connectivity index (χ4v) is 4.55. The minimum Gasteiger partial charge on any atom is -0.490 e. The van der Waals surface area contributed by atoms with Crippen molar-refractivity contribution >= 4 is 21.7 Å². The van der Waals surface area contributed by atoms with Gasteiger partial charge in [0.1, 0.15) is 12.4 Å². The largest absolute Gasteiger partial charge is 0.490 e. The van der Waals surface area contributed by atoms with Crippen molar-refractivity contribution in [2.24, 2.45) is 5.92 Å². The van der Waals surface area contributed by atoms with Crippen molar-refractivity contribution in [1.29, 1.82) is 0 Å². The summed E-state index contributed by atoms with van der Waals surface area (Å²) < 4.78 is 32.4. The molecule has 1 fully saturated rings. The van der Waals surface area contributed by atoms with E-state index in [4.69, 9.17) is 9.84 Å². The zero-order valence-corrected chi connectivity index (χ0v) is 13.8. The van der Waals surface area contributed by atoms with Gasteiger partial charge in [-0.2, -0.15) is 4.31 Å². The summed E-state index contributed by atoms with van der Waals surface area (Å²) in [5, 5.41) is 9.13. The normalized spacial score (nSPS) is 22.3. The van der Waals surface area contributed by atoms with Crippen molar-refractivity contribution in [2.45, 2.75) is 17.7 Å². The van der Waals surface area contributed by atoms with Gasteiger partial charge in [0.15, 0.2) is 0 Å². The van der Waals surface area contributed by atoms with Gasteiger partial charge in [-0.05, 0) is 25.0 Å². The zero-order valence-electron chi connectivity index (χ0n) is 12.9. The van der Waals surface area contributed by atoms with Gasteiger partial charge in [0, 0.05) is 26.2 Å². The standard InChI is InChI=1S/C15H20N2O5S/c1-16-7-8-22-14-9-12(4-5-13(14)16)23(20,21)17-6-2-3-11(10-17)15(18)19/h4-5,9,11H,2-3,6-8,10H2,1H3,(H,18,19). The van der Waals surface area contributed by atoms with Gasteiger partial charge in [-0.25, -0.2) is 8.42 Å². The average molecular weight is 340 g/mol. The lowest BCUT2D eigenvalue weighted by Gasteiger charge is -2.31. The van der Waals surface area contributed by atoms with Crippen molar-refractivity contribution in [2.75, 3.05) is 38.2 Å². The Morgan fingerprint density at radius 3 is 2.87 bits per heavy atom. The van der Waals surface area contributed by atoms with Crippen LogP contribution in [0.4, 0.5) is 5.69 Å². The number of likely N-dealkylation sites (N-methyl/N-ethyl adjacent to an activating group) is 1. The third kappa shape index (κ3) is 3.00. The van der Waals surface area contributed by atoms with Crippen LogP contribution in [0, 0.1) is 5.92 Å². The maximum Gasteiger partial charge on any atom is 0.307 e. The summed E-state index contributed by atoms with van der Waals surface area (Å²) in [4.78, 5) is 13.3. The summed E-state index contributed by atoms with van der Waals surface area (Å²) in [6.07, 6.45) is 1.07. The fourth-order valence-electron chi connectivity index (χ4n) is 3.01. The second-order valence-electron chi connectivity index (χ2n) is 5.94. The lowest BCUT2D eigenvalue weighted by molar-refractivity contribution is -0.142. The van der Waals surface area contributed by atoms with Crippen LogP contribution >= 0.6 is 0 Å². The molecule has 1 saturated heterocycles. The number of fused-ring (bicyclic) bond motifs is 1. The van der Waals surface area contributed by atoms with E-state index >= 15 is 0 Å². The van der Waals surface area contributed by atoms with Gasteiger partial charge in [-0.3, -0.25) is 4.79 Å². The topological polar surface area (TPSA) is 87.2 Å². The molecule has 0 bridgehead atoms. The van der Waals surface area contributed by atoms with E-state index in [1.54, 1.807) is 12.1 Å². The number of anilines is 1. The van der Waals surface area contributed by atoms with Crippen LogP contribution in [0.2, 0.25) is 0 Å². The minimum absolute atomic E-state index is 0.0233. The first kappa shape index (κ1) is 16.1.